The van der Waals surface area contributed by atoms with E-state index in [4.69, 9.17) is 33.0 Å². The van der Waals surface area contributed by atoms with Crippen molar-refractivity contribution in [2.45, 2.75) is 0 Å². The molecule has 0 aliphatic heterocycles. The molecule has 1 heterocycles. The number of benzene rings is 2. The van der Waals surface area contributed by atoms with Crippen molar-refractivity contribution in [2.24, 2.45) is 0 Å². The Kier molecular flexibility index (Phi) is 3.73. The number of ether oxygens (including phenoxy) is 1. The zero-order valence-electron chi connectivity index (χ0n) is 10.7. The number of halogens is 1. The van der Waals surface area contributed by atoms with Crippen LogP contribution in [0.5, 0.6) is 5.75 Å². The average molecular weight is 317 g/mol. The van der Waals surface area contributed by atoms with Crippen LogP contribution in [0.25, 0.3) is 11.0 Å². The quantitative estimate of drug-likeness (QED) is 0.524. The molecule has 3 nitrogen and oxygen atoms in total. The molecule has 3 aromatic rings. The number of hydrogen-bond acceptors (Lipinski definition) is 4. The molecule has 0 atom stereocenters. The van der Waals surface area contributed by atoms with Crippen molar-refractivity contribution in [3.05, 3.63) is 75.6 Å². The van der Waals surface area contributed by atoms with Crippen LogP contribution in [-0.4, -0.2) is 5.05 Å². The normalized spacial score (nSPS) is 10.5. The van der Waals surface area contributed by atoms with Gasteiger partial charge < -0.3 is 9.15 Å². The lowest BCUT2D eigenvalue weighted by Crippen LogP contribution is -2.06. The molecule has 0 saturated carbocycles. The monoisotopic (exact) mass is 316 g/mol. The van der Waals surface area contributed by atoms with Crippen molar-refractivity contribution in [3.8, 4) is 5.75 Å². The van der Waals surface area contributed by atoms with Crippen LogP contribution in [0, 0.1) is 0 Å². The van der Waals surface area contributed by atoms with Crippen LogP contribution in [0.2, 0.25) is 5.02 Å². The first-order valence-corrected chi connectivity index (χ1v) is 6.92. The second-order valence-electron chi connectivity index (χ2n) is 4.35. The summed E-state index contributed by atoms with van der Waals surface area (Å²) in [5, 5.41) is 1.78. The highest BCUT2D eigenvalue weighted by molar-refractivity contribution is 7.80. The third-order valence-corrected chi connectivity index (χ3v) is 3.46. The fourth-order valence-corrected chi connectivity index (χ4v) is 2.21. The summed E-state index contributed by atoms with van der Waals surface area (Å²) in [4.78, 5) is 11.2. The first kappa shape index (κ1) is 13.8. The molecule has 1 aromatic heterocycles. The van der Waals surface area contributed by atoms with Crippen LogP contribution in [0.4, 0.5) is 0 Å². The molecule has 0 amide bonds. The van der Waals surface area contributed by atoms with Gasteiger partial charge in [0.15, 0.2) is 5.05 Å². The molecular formula is C16H9ClO3S. The SMILES string of the molecule is O=c1ccc2ccc(OC(=S)c3ccc(Cl)cc3)cc2o1. The van der Waals surface area contributed by atoms with Gasteiger partial charge in [-0.2, -0.15) is 0 Å². The molecular weight excluding hydrogens is 308 g/mol. The van der Waals surface area contributed by atoms with Crippen LogP contribution in [0.15, 0.2) is 63.8 Å². The Morgan fingerprint density at radius 2 is 1.76 bits per heavy atom. The van der Waals surface area contributed by atoms with Crippen LogP contribution >= 0.6 is 23.8 Å². The summed E-state index contributed by atoms with van der Waals surface area (Å²) in [6.07, 6.45) is 0. The Balaban J connectivity index is 1.89. The van der Waals surface area contributed by atoms with Crippen LogP contribution < -0.4 is 10.4 Å². The summed E-state index contributed by atoms with van der Waals surface area (Å²) >= 11 is 11.1. The van der Waals surface area contributed by atoms with Crippen LogP contribution in [0.3, 0.4) is 0 Å². The van der Waals surface area contributed by atoms with Crippen molar-refractivity contribution in [2.75, 3.05) is 0 Å². The fraction of sp³-hybridized carbons (Fsp3) is 0. The molecule has 0 unspecified atom stereocenters. The van der Waals surface area contributed by atoms with Crippen molar-refractivity contribution in [1.82, 2.24) is 0 Å². The minimum Gasteiger partial charge on any atom is -0.445 e. The van der Waals surface area contributed by atoms with E-state index in [-0.39, 0.29) is 0 Å². The summed E-state index contributed by atoms with van der Waals surface area (Å²) in [7, 11) is 0. The molecule has 0 N–H and O–H groups in total. The highest BCUT2D eigenvalue weighted by Gasteiger charge is 2.06. The molecule has 0 saturated heterocycles. The van der Waals surface area contributed by atoms with Gasteiger partial charge in [-0.15, -0.1) is 0 Å². The van der Waals surface area contributed by atoms with Crippen molar-refractivity contribution in [3.63, 3.8) is 0 Å². The number of fused-ring (bicyclic) bond motifs is 1. The molecule has 2 aromatic carbocycles. The molecule has 0 spiro atoms. The van der Waals surface area contributed by atoms with Gasteiger partial charge in [0.2, 0.25) is 0 Å². The molecule has 0 fully saturated rings. The fourth-order valence-electron chi connectivity index (χ4n) is 1.86. The van der Waals surface area contributed by atoms with Gasteiger partial charge in [-0.1, -0.05) is 11.6 Å². The highest BCUT2D eigenvalue weighted by Crippen LogP contribution is 2.21. The summed E-state index contributed by atoms with van der Waals surface area (Å²) in [6.45, 7) is 0. The van der Waals surface area contributed by atoms with Gasteiger partial charge in [-0.3, -0.25) is 0 Å². The van der Waals surface area contributed by atoms with Gasteiger partial charge in [-0.25, -0.2) is 4.79 Å². The molecule has 0 bridgehead atoms. The predicted octanol–water partition coefficient (Wildman–Crippen LogP) is 4.20. The van der Waals surface area contributed by atoms with Gasteiger partial charge in [0.25, 0.3) is 0 Å². The Labute approximate surface area is 130 Å². The summed E-state index contributed by atoms with van der Waals surface area (Å²) in [5.74, 6) is 0.511. The minimum absolute atomic E-state index is 0.323. The van der Waals surface area contributed by atoms with Crippen LogP contribution in [-0.2, 0) is 0 Å². The summed E-state index contributed by atoms with van der Waals surface area (Å²) < 4.78 is 10.7. The molecule has 21 heavy (non-hydrogen) atoms. The second-order valence-corrected chi connectivity index (χ2v) is 5.16. The zero-order valence-corrected chi connectivity index (χ0v) is 12.3. The van der Waals surface area contributed by atoms with E-state index < -0.39 is 5.63 Å². The van der Waals surface area contributed by atoms with E-state index in [1.165, 1.54) is 6.07 Å². The van der Waals surface area contributed by atoms with E-state index >= 15 is 0 Å². The molecule has 0 aliphatic carbocycles. The van der Waals surface area contributed by atoms with Gasteiger partial charge in [0.1, 0.15) is 11.3 Å². The lowest BCUT2D eigenvalue weighted by atomic mass is 10.2. The van der Waals surface area contributed by atoms with E-state index in [2.05, 4.69) is 0 Å². The topological polar surface area (TPSA) is 39.4 Å². The first-order valence-electron chi connectivity index (χ1n) is 6.13. The molecule has 0 aliphatic rings. The van der Waals surface area contributed by atoms with Gasteiger partial charge in [0, 0.05) is 28.1 Å². The first-order chi connectivity index (χ1) is 10.1. The Morgan fingerprint density at radius 1 is 1.05 bits per heavy atom. The average Bonchev–Trinajstić information content (AvgIpc) is 2.47. The van der Waals surface area contributed by atoms with Gasteiger partial charge in [-0.05, 0) is 54.7 Å². The lowest BCUT2D eigenvalue weighted by molar-refractivity contribution is 0.546. The molecule has 5 heteroatoms. The van der Waals surface area contributed by atoms with E-state index in [0.717, 1.165) is 10.9 Å². The van der Waals surface area contributed by atoms with Crippen LogP contribution in [0.1, 0.15) is 5.56 Å². The van der Waals surface area contributed by atoms with Crippen molar-refractivity contribution >= 4 is 39.8 Å². The summed E-state index contributed by atoms with van der Waals surface area (Å²) in [5.41, 5.74) is 0.808. The standard InChI is InChI=1S/C16H9ClO3S/c17-12-5-1-11(2-6-12)16(21)19-13-7-3-10-4-8-15(18)20-14(10)9-13/h1-9H. The molecule has 0 radical (unpaired) electrons. The third kappa shape index (κ3) is 3.12. The van der Waals surface area contributed by atoms with E-state index in [0.29, 0.717) is 21.4 Å². The number of thiocarbonyl (C=S) groups is 1. The number of rotatable bonds is 2. The summed E-state index contributed by atoms with van der Waals surface area (Å²) in [6, 6.07) is 15.3. The zero-order chi connectivity index (χ0) is 14.8. The largest absolute Gasteiger partial charge is 0.445 e. The van der Waals surface area contributed by atoms with Gasteiger partial charge in [0.05, 0.1) is 0 Å². The highest BCUT2D eigenvalue weighted by atomic mass is 35.5. The van der Waals surface area contributed by atoms with E-state index in [1.54, 1.807) is 48.5 Å². The van der Waals surface area contributed by atoms with Gasteiger partial charge >= 0.3 is 5.63 Å². The van der Waals surface area contributed by atoms with E-state index in [9.17, 15) is 4.79 Å². The lowest BCUT2D eigenvalue weighted by Gasteiger charge is -2.07. The maximum atomic E-state index is 11.2. The Hall–Kier alpha value is -2.17. The Bertz CT molecular complexity index is 869. The Morgan fingerprint density at radius 3 is 2.52 bits per heavy atom. The minimum atomic E-state index is -0.403. The molecule has 104 valence electrons. The maximum Gasteiger partial charge on any atom is 0.336 e. The second kappa shape index (κ2) is 5.68. The number of hydrogen-bond donors (Lipinski definition) is 0. The van der Waals surface area contributed by atoms with Crippen molar-refractivity contribution in [1.29, 1.82) is 0 Å². The smallest absolute Gasteiger partial charge is 0.336 e. The maximum absolute atomic E-state index is 11.2. The molecule has 3 rings (SSSR count). The van der Waals surface area contributed by atoms with Crippen molar-refractivity contribution < 1.29 is 9.15 Å². The predicted molar refractivity (Wildman–Crippen MR) is 86.3 cm³/mol. The third-order valence-electron chi connectivity index (χ3n) is 2.89. The van der Waals surface area contributed by atoms with E-state index in [1.807, 2.05) is 0 Å².